The number of carbonyl (C=O) groups is 2. The van der Waals surface area contributed by atoms with Crippen LogP contribution in [0, 0.1) is 5.41 Å². The van der Waals surface area contributed by atoms with Gasteiger partial charge in [-0.05, 0) is 31.0 Å². The number of amides is 2. The van der Waals surface area contributed by atoms with Crippen molar-refractivity contribution in [1.29, 1.82) is 0 Å². The Morgan fingerprint density at radius 2 is 1.82 bits per heavy atom. The largest absolute Gasteiger partial charge is 0.329 e. The van der Waals surface area contributed by atoms with E-state index in [1.165, 1.54) is 6.92 Å². The van der Waals surface area contributed by atoms with E-state index in [4.69, 9.17) is 17.3 Å². The fourth-order valence-electron chi connectivity index (χ4n) is 2.10. The molecule has 0 radical (unpaired) electrons. The summed E-state index contributed by atoms with van der Waals surface area (Å²) < 4.78 is 0. The average molecular weight is 348 g/mol. The molecule has 0 aromatic heterocycles. The Kier molecular flexibility index (Phi) is 8.45. The van der Waals surface area contributed by atoms with E-state index in [9.17, 15) is 9.59 Å². The minimum atomic E-state index is -0.567. The van der Waals surface area contributed by atoms with E-state index in [0.29, 0.717) is 35.8 Å². The maximum absolute atomic E-state index is 12.4. The highest BCUT2D eigenvalue weighted by atomic mass is 35.5. The molecular formula is C15H23Cl2N3O2. The van der Waals surface area contributed by atoms with Gasteiger partial charge in [0.1, 0.15) is 0 Å². The Morgan fingerprint density at radius 1 is 1.23 bits per heavy atom. The lowest BCUT2D eigenvalue weighted by Crippen LogP contribution is -2.41. The molecule has 2 amide bonds. The molecule has 0 aliphatic rings. The van der Waals surface area contributed by atoms with Crippen LogP contribution in [0.1, 0.15) is 33.6 Å². The first kappa shape index (κ1) is 20.7. The first-order chi connectivity index (χ1) is 9.88. The van der Waals surface area contributed by atoms with Gasteiger partial charge in [-0.1, -0.05) is 25.4 Å². The number of nitrogens with one attached hydrogen (secondary N) is 2. The Labute approximate surface area is 142 Å². The van der Waals surface area contributed by atoms with E-state index in [1.807, 2.05) is 13.8 Å². The summed E-state index contributed by atoms with van der Waals surface area (Å²) in [4.78, 5) is 23.4. The van der Waals surface area contributed by atoms with Crippen LogP contribution in [0.5, 0.6) is 0 Å². The number of anilines is 2. The first-order valence-corrected chi connectivity index (χ1v) is 7.35. The van der Waals surface area contributed by atoms with Gasteiger partial charge in [0.05, 0.1) is 16.1 Å². The van der Waals surface area contributed by atoms with Gasteiger partial charge in [0.25, 0.3) is 0 Å². The number of nitrogens with two attached hydrogens (primary N) is 1. The predicted molar refractivity (Wildman–Crippen MR) is 93.7 cm³/mol. The van der Waals surface area contributed by atoms with Gasteiger partial charge in [-0.3, -0.25) is 9.59 Å². The molecule has 0 spiro atoms. The molecule has 0 aliphatic heterocycles. The zero-order valence-corrected chi connectivity index (χ0v) is 14.6. The van der Waals surface area contributed by atoms with Crippen molar-refractivity contribution < 1.29 is 9.59 Å². The Bertz CT molecular complexity index is 523. The van der Waals surface area contributed by atoms with Crippen LogP contribution in [0.2, 0.25) is 5.02 Å². The van der Waals surface area contributed by atoms with E-state index in [2.05, 4.69) is 10.6 Å². The van der Waals surface area contributed by atoms with Gasteiger partial charge in [0.2, 0.25) is 11.8 Å². The summed E-state index contributed by atoms with van der Waals surface area (Å²) in [6.45, 7) is 5.60. The molecule has 4 N–H and O–H groups in total. The van der Waals surface area contributed by atoms with E-state index in [-0.39, 0.29) is 24.2 Å². The third-order valence-corrected chi connectivity index (χ3v) is 4.08. The Balaban J connectivity index is 0.00000441. The summed E-state index contributed by atoms with van der Waals surface area (Å²) in [7, 11) is 0. The second kappa shape index (κ2) is 8.98. The Hall–Kier alpha value is -1.30. The number of benzene rings is 1. The molecule has 7 heteroatoms. The summed E-state index contributed by atoms with van der Waals surface area (Å²) >= 11 is 6.08. The first-order valence-electron chi connectivity index (χ1n) is 6.97. The molecular weight excluding hydrogens is 325 g/mol. The van der Waals surface area contributed by atoms with Gasteiger partial charge < -0.3 is 16.4 Å². The molecule has 0 heterocycles. The zero-order chi connectivity index (χ0) is 16.0. The average Bonchev–Trinajstić information content (AvgIpc) is 2.44. The molecule has 5 nitrogen and oxygen atoms in total. The molecule has 0 unspecified atom stereocenters. The van der Waals surface area contributed by atoms with Crippen molar-refractivity contribution in [1.82, 2.24) is 0 Å². The highest BCUT2D eigenvalue weighted by Gasteiger charge is 2.33. The van der Waals surface area contributed by atoms with Gasteiger partial charge in [0.15, 0.2) is 0 Å². The molecule has 1 aromatic rings. The van der Waals surface area contributed by atoms with Gasteiger partial charge in [-0.25, -0.2) is 0 Å². The normalized spacial score (nSPS) is 10.6. The van der Waals surface area contributed by atoms with Crippen molar-refractivity contribution >= 4 is 47.2 Å². The number of carbonyl (C=O) groups excluding carboxylic acids is 2. The van der Waals surface area contributed by atoms with Gasteiger partial charge in [-0.15, -0.1) is 12.4 Å². The van der Waals surface area contributed by atoms with Gasteiger partial charge in [-0.2, -0.15) is 0 Å². The van der Waals surface area contributed by atoms with E-state index < -0.39 is 5.41 Å². The molecule has 22 heavy (non-hydrogen) atoms. The van der Waals surface area contributed by atoms with Crippen molar-refractivity contribution in [2.45, 2.75) is 33.6 Å². The van der Waals surface area contributed by atoms with Crippen LogP contribution in [-0.2, 0) is 9.59 Å². The maximum Gasteiger partial charge on any atom is 0.231 e. The number of halogens is 2. The lowest BCUT2D eigenvalue weighted by Gasteiger charge is -2.28. The molecule has 0 bridgehead atoms. The van der Waals surface area contributed by atoms with Gasteiger partial charge in [0, 0.05) is 19.2 Å². The fraction of sp³-hybridized carbons (Fsp3) is 0.467. The predicted octanol–water partition coefficient (Wildman–Crippen LogP) is 3.42. The van der Waals surface area contributed by atoms with E-state index in [1.54, 1.807) is 18.2 Å². The third kappa shape index (κ3) is 4.87. The zero-order valence-electron chi connectivity index (χ0n) is 13.0. The topological polar surface area (TPSA) is 84.2 Å². The van der Waals surface area contributed by atoms with Crippen LogP contribution < -0.4 is 16.4 Å². The van der Waals surface area contributed by atoms with Crippen molar-refractivity contribution in [2.75, 3.05) is 17.2 Å². The monoisotopic (exact) mass is 347 g/mol. The molecule has 124 valence electrons. The Morgan fingerprint density at radius 3 is 2.23 bits per heavy atom. The highest BCUT2D eigenvalue weighted by Crippen LogP contribution is 2.29. The smallest absolute Gasteiger partial charge is 0.231 e. The minimum absolute atomic E-state index is 0. The summed E-state index contributed by atoms with van der Waals surface area (Å²) in [5, 5.41) is 5.82. The lowest BCUT2D eigenvalue weighted by molar-refractivity contribution is -0.125. The molecule has 0 aliphatic carbocycles. The summed E-state index contributed by atoms with van der Waals surface area (Å²) in [5.74, 6) is -0.314. The second-order valence-corrected chi connectivity index (χ2v) is 5.43. The molecule has 0 saturated carbocycles. The highest BCUT2D eigenvalue weighted by molar-refractivity contribution is 6.34. The summed E-state index contributed by atoms with van der Waals surface area (Å²) in [6.07, 6.45) is 1.34. The maximum atomic E-state index is 12.4. The second-order valence-electron chi connectivity index (χ2n) is 5.02. The van der Waals surface area contributed by atoms with Crippen molar-refractivity contribution in [2.24, 2.45) is 11.1 Å². The standard InChI is InChI=1S/C15H22ClN3O2.ClH/c1-4-15(5-2,9-17)14(21)19-11-6-7-13(12(16)8-11)18-10(3)20;/h6-8H,4-5,9,17H2,1-3H3,(H,18,20)(H,19,21);1H. The molecule has 1 aromatic carbocycles. The minimum Gasteiger partial charge on any atom is -0.329 e. The van der Waals surface area contributed by atoms with Crippen LogP contribution in [-0.4, -0.2) is 18.4 Å². The third-order valence-electron chi connectivity index (χ3n) is 3.76. The van der Waals surface area contributed by atoms with Crippen molar-refractivity contribution in [3.05, 3.63) is 23.2 Å². The quantitative estimate of drug-likeness (QED) is 0.736. The van der Waals surface area contributed by atoms with Crippen LogP contribution in [0.3, 0.4) is 0 Å². The number of hydrogen-bond acceptors (Lipinski definition) is 3. The lowest BCUT2D eigenvalue weighted by atomic mass is 9.81. The van der Waals surface area contributed by atoms with Gasteiger partial charge >= 0.3 is 0 Å². The molecule has 0 atom stereocenters. The summed E-state index contributed by atoms with van der Waals surface area (Å²) in [5.41, 5.74) is 6.29. The number of rotatable bonds is 6. The summed E-state index contributed by atoms with van der Waals surface area (Å²) in [6, 6.07) is 4.96. The molecule has 0 saturated heterocycles. The van der Waals surface area contributed by atoms with Crippen LogP contribution in [0.4, 0.5) is 11.4 Å². The van der Waals surface area contributed by atoms with Crippen LogP contribution >= 0.6 is 24.0 Å². The van der Waals surface area contributed by atoms with E-state index >= 15 is 0 Å². The van der Waals surface area contributed by atoms with Crippen molar-refractivity contribution in [3.8, 4) is 0 Å². The van der Waals surface area contributed by atoms with Crippen molar-refractivity contribution in [3.63, 3.8) is 0 Å². The van der Waals surface area contributed by atoms with Crippen LogP contribution in [0.15, 0.2) is 18.2 Å². The SMILES string of the molecule is CCC(CC)(CN)C(=O)Nc1ccc(NC(C)=O)c(Cl)c1.Cl. The van der Waals surface area contributed by atoms with E-state index in [0.717, 1.165) is 0 Å². The van der Waals surface area contributed by atoms with Crippen LogP contribution in [0.25, 0.3) is 0 Å². The number of hydrogen-bond donors (Lipinski definition) is 3. The molecule has 0 fully saturated rings. The fourth-order valence-corrected chi connectivity index (χ4v) is 2.33. The molecule has 1 rings (SSSR count).